The van der Waals surface area contributed by atoms with Gasteiger partial charge >= 0.3 is 7.60 Å². The van der Waals surface area contributed by atoms with Gasteiger partial charge < -0.3 is 14.2 Å². The minimum absolute atomic E-state index is 0.129. The van der Waals surface area contributed by atoms with Crippen LogP contribution in [0.1, 0.15) is 22.7 Å². The highest BCUT2D eigenvalue weighted by atomic mass is 31.2. The molecule has 5 nitrogen and oxygen atoms in total. The quantitative estimate of drug-likeness (QED) is 0.411. The average molecular weight is 423 g/mol. The van der Waals surface area contributed by atoms with E-state index in [-0.39, 0.29) is 6.04 Å². The summed E-state index contributed by atoms with van der Waals surface area (Å²) in [5, 5.41) is 10.2. The van der Waals surface area contributed by atoms with E-state index in [0.29, 0.717) is 12.1 Å². The summed E-state index contributed by atoms with van der Waals surface area (Å²) in [6.45, 7) is 0.605. The molecule has 0 amide bonds. The monoisotopic (exact) mass is 423 g/mol. The van der Waals surface area contributed by atoms with E-state index in [0.717, 1.165) is 11.1 Å². The first-order chi connectivity index (χ1) is 14.5. The van der Waals surface area contributed by atoms with Gasteiger partial charge in [-0.1, -0.05) is 91.0 Å². The van der Waals surface area contributed by atoms with E-state index < -0.39 is 19.0 Å². The van der Waals surface area contributed by atoms with Crippen LogP contribution in [0.4, 0.5) is 0 Å². The second kappa shape index (κ2) is 8.46. The normalized spacial score (nSPS) is 23.0. The van der Waals surface area contributed by atoms with Crippen molar-refractivity contribution in [2.45, 2.75) is 24.0 Å². The molecular weight excluding hydrogens is 397 g/mol. The third-order valence-corrected chi connectivity index (χ3v) is 8.10. The predicted molar refractivity (Wildman–Crippen MR) is 117 cm³/mol. The Kier molecular flexibility index (Phi) is 5.92. The average Bonchev–Trinajstić information content (AvgIpc) is 3.53. The van der Waals surface area contributed by atoms with E-state index >= 15 is 0 Å². The van der Waals surface area contributed by atoms with E-state index in [1.807, 2.05) is 78.9 Å². The molecule has 30 heavy (non-hydrogen) atoms. The van der Waals surface area contributed by atoms with Crippen LogP contribution in [0, 0.1) is 0 Å². The van der Waals surface area contributed by atoms with Crippen LogP contribution in [0.2, 0.25) is 0 Å². The fourth-order valence-electron chi connectivity index (χ4n) is 4.27. The molecule has 1 N–H and O–H groups in total. The van der Waals surface area contributed by atoms with Crippen LogP contribution in [-0.4, -0.2) is 30.3 Å². The lowest BCUT2D eigenvalue weighted by atomic mass is 10.0. The maximum absolute atomic E-state index is 13.7. The van der Waals surface area contributed by atoms with E-state index in [9.17, 15) is 9.67 Å². The van der Waals surface area contributed by atoms with Gasteiger partial charge in [0.25, 0.3) is 0 Å². The van der Waals surface area contributed by atoms with E-state index in [2.05, 4.69) is 4.90 Å². The number of aliphatic hydroxyl groups is 1. The largest absolute Gasteiger partial charge is 0.372 e. The van der Waals surface area contributed by atoms with E-state index in [4.69, 9.17) is 9.05 Å². The highest BCUT2D eigenvalue weighted by Crippen LogP contribution is 2.71. The molecule has 1 aliphatic rings. The molecule has 1 saturated heterocycles. The van der Waals surface area contributed by atoms with Gasteiger partial charge in [0.1, 0.15) is 0 Å². The Labute approximate surface area is 177 Å². The Morgan fingerprint density at radius 3 is 1.90 bits per heavy atom. The van der Waals surface area contributed by atoms with Crippen LogP contribution in [0.25, 0.3) is 0 Å². The van der Waals surface area contributed by atoms with Gasteiger partial charge in [0.2, 0.25) is 5.34 Å². The lowest BCUT2D eigenvalue weighted by molar-refractivity contribution is 0.0621. The molecule has 0 aliphatic carbocycles. The molecule has 1 aliphatic heterocycles. The van der Waals surface area contributed by atoms with Gasteiger partial charge in [0, 0.05) is 20.8 Å². The summed E-state index contributed by atoms with van der Waals surface area (Å²) in [7, 11) is -1.27. The smallest absolute Gasteiger partial charge is 0.367 e. The molecule has 1 fully saturated rings. The fourth-order valence-corrected chi connectivity index (χ4v) is 6.05. The zero-order valence-corrected chi connectivity index (χ0v) is 18.0. The standard InChI is InChI=1S/C24H26NO4P/c1-28-30(27,29-2)24(26,21-16-10-5-11-17-21)23-22(20-14-8-4-9-15-20)25(23)18-19-12-6-3-7-13-19/h3-17,22-23,26H,18H2,1-2H3/t22-,23-,24-,25?/m1/s1. The Balaban J connectivity index is 1.82. The van der Waals surface area contributed by atoms with Gasteiger partial charge in [-0.15, -0.1) is 0 Å². The molecule has 156 valence electrons. The maximum atomic E-state index is 13.7. The lowest BCUT2D eigenvalue weighted by Crippen LogP contribution is -2.36. The van der Waals surface area contributed by atoms with Crippen molar-refractivity contribution in [3.05, 3.63) is 108 Å². The van der Waals surface area contributed by atoms with Crippen LogP contribution in [0.15, 0.2) is 91.0 Å². The van der Waals surface area contributed by atoms with Gasteiger partial charge in [0.05, 0.1) is 12.1 Å². The molecule has 1 unspecified atom stereocenters. The molecule has 3 aromatic rings. The number of hydrogen-bond donors (Lipinski definition) is 1. The first kappa shape index (κ1) is 21.0. The van der Waals surface area contributed by atoms with E-state index in [1.54, 1.807) is 12.1 Å². The second-order valence-corrected chi connectivity index (χ2v) is 9.82. The topological polar surface area (TPSA) is 58.8 Å². The van der Waals surface area contributed by atoms with Crippen LogP contribution in [0.5, 0.6) is 0 Å². The van der Waals surface area contributed by atoms with Crippen LogP contribution >= 0.6 is 7.60 Å². The van der Waals surface area contributed by atoms with Crippen molar-refractivity contribution in [3.8, 4) is 0 Å². The van der Waals surface area contributed by atoms with Crippen molar-refractivity contribution in [1.82, 2.24) is 4.90 Å². The molecule has 0 radical (unpaired) electrons. The number of rotatable bonds is 8. The van der Waals surface area contributed by atoms with Gasteiger partial charge in [-0.2, -0.15) is 0 Å². The molecule has 4 rings (SSSR count). The van der Waals surface area contributed by atoms with Crippen LogP contribution in [0.3, 0.4) is 0 Å². The Morgan fingerprint density at radius 2 is 1.37 bits per heavy atom. The minimum Gasteiger partial charge on any atom is -0.372 e. The summed E-state index contributed by atoms with van der Waals surface area (Å²) >= 11 is 0. The molecule has 0 saturated carbocycles. The SMILES string of the molecule is COP(=O)(OC)[C@](O)(c1ccccc1)[C@H]1[C@@H](c2ccccc2)N1Cc1ccccc1. The number of benzene rings is 3. The van der Waals surface area contributed by atoms with Crippen LogP contribution < -0.4 is 0 Å². The highest BCUT2D eigenvalue weighted by Gasteiger charge is 2.68. The van der Waals surface area contributed by atoms with Gasteiger partial charge in [-0.05, 0) is 16.7 Å². The van der Waals surface area contributed by atoms with Crippen molar-refractivity contribution in [1.29, 1.82) is 0 Å². The highest BCUT2D eigenvalue weighted by molar-refractivity contribution is 7.55. The Morgan fingerprint density at radius 1 is 0.867 bits per heavy atom. The third-order valence-electron chi connectivity index (χ3n) is 5.78. The zero-order valence-electron chi connectivity index (χ0n) is 17.1. The molecule has 0 bridgehead atoms. The van der Waals surface area contributed by atoms with Crippen molar-refractivity contribution in [2.75, 3.05) is 14.2 Å². The summed E-state index contributed by atoms with van der Waals surface area (Å²) in [6, 6.07) is 28.4. The molecule has 0 aromatic heterocycles. The van der Waals surface area contributed by atoms with Gasteiger partial charge in [0.15, 0.2) is 0 Å². The molecule has 6 heteroatoms. The van der Waals surface area contributed by atoms with Gasteiger partial charge in [-0.3, -0.25) is 9.46 Å². The summed E-state index contributed by atoms with van der Waals surface area (Å²) in [6.07, 6.45) is 0. The number of hydrogen-bond acceptors (Lipinski definition) is 5. The molecule has 1 heterocycles. The maximum Gasteiger partial charge on any atom is 0.367 e. The molecule has 0 spiro atoms. The lowest BCUT2D eigenvalue weighted by Gasteiger charge is -2.34. The zero-order chi connectivity index (χ0) is 21.2. The van der Waals surface area contributed by atoms with E-state index in [1.165, 1.54) is 14.2 Å². The minimum atomic E-state index is -3.90. The molecular formula is C24H26NO4P. The Hall–Kier alpha value is -2.27. The summed E-state index contributed by atoms with van der Waals surface area (Å²) in [5.74, 6) is 0. The molecule has 4 atom stereocenters. The predicted octanol–water partition coefficient (Wildman–Crippen LogP) is 4.94. The first-order valence-corrected chi connectivity index (χ1v) is 11.4. The first-order valence-electron chi connectivity index (χ1n) is 9.89. The second-order valence-electron chi connectivity index (χ2n) is 7.41. The summed E-state index contributed by atoms with van der Waals surface area (Å²) < 4.78 is 24.4. The van der Waals surface area contributed by atoms with Crippen molar-refractivity contribution in [3.63, 3.8) is 0 Å². The van der Waals surface area contributed by atoms with Crippen LogP contribution in [-0.2, 0) is 25.5 Å². The summed E-state index contributed by atoms with van der Waals surface area (Å²) in [4.78, 5) is 2.14. The van der Waals surface area contributed by atoms with Gasteiger partial charge in [-0.25, -0.2) is 0 Å². The summed E-state index contributed by atoms with van der Waals surface area (Å²) in [5.41, 5.74) is 2.67. The van der Waals surface area contributed by atoms with Crippen molar-refractivity contribution < 1.29 is 18.7 Å². The fraction of sp³-hybridized carbons (Fsp3) is 0.250. The van der Waals surface area contributed by atoms with Crippen molar-refractivity contribution >= 4 is 7.60 Å². The Bertz CT molecular complexity index is 1010. The third kappa shape index (κ3) is 3.53. The van der Waals surface area contributed by atoms with Crippen molar-refractivity contribution in [2.24, 2.45) is 0 Å². The number of nitrogens with zero attached hydrogens (tertiary/aromatic N) is 1. The molecule has 3 aromatic carbocycles.